The number of rotatable bonds is 19. The van der Waals surface area contributed by atoms with Crippen LogP contribution in [0.2, 0.25) is 0 Å². The number of carbonyl (C=O) groups is 1. The van der Waals surface area contributed by atoms with Gasteiger partial charge in [0.2, 0.25) is 0 Å². The quantitative estimate of drug-likeness (QED) is 0.106. The Morgan fingerprint density at radius 3 is 1.05 bits per heavy atom. The molecule has 0 aromatic heterocycles. The van der Waals surface area contributed by atoms with Crippen LogP contribution in [-0.2, 0) is 4.79 Å². The number of aliphatic carboxylic acids is 1. The first-order valence-corrected chi connectivity index (χ1v) is 19.8. The van der Waals surface area contributed by atoms with E-state index in [1.807, 2.05) is 0 Å². The molecule has 0 aliphatic heterocycles. The zero-order valence-electron chi connectivity index (χ0n) is 24.3. The number of unbranched alkanes of at least 4 members (excludes halogenated alkanes) is 14. The Labute approximate surface area is 246 Å². The molecule has 0 spiro atoms. The summed E-state index contributed by atoms with van der Waals surface area (Å²) in [5.74, 6) is -0.653. The van der Waals surface area contributed by atoms with Crippen LogP contribution in [0.5, 0.6) is 0 Å². The van der Waals surface area contributed by atoms with Crippen LogP contribution in [0.3, 0.4) is 0 Å². The van der Waals surface area contributed by atoms with E-state index >= 15 is 0 Å². The van der Waals surface area contributed by atoms with Crippen molar-refractivity contribution in [3.8, 4) is 0 Å². The number of benzene rings is 3. The summed E-state index contributed by atoms with van der Waals surface area (Å²) in [5.41, 5.74) is 0. The van der Waals surface area contributed by atoms with Gasteiger partial charge in [-0.15, -0.1) is 0 Å². The van der Waals surface area contributed by atoms with Gasteiger partial charge in [0.05, 0.1) is 0 Å². The van der Waals surface area contributed by atoms with Crippen molar-refractivity contribution in [1.29, 1.82) is 0 Å². The Morgan fingerprint density at radius 2 is 0.769 bits per heavy atom. The van der Waals surface area contributed by atoms with Crippen LogP contribution in [0.15, 0.2) is 91.0 Å². The maximum absolute atomic E-state index is 10.3. The van der Waals surface area contributed by atoms with Crippen molar-refractivity contribution < 1.29 is 9.90 Å². The minimum absolute atomic E-state index is 0.345. The van der Waals surface area contributed by atoms with Crippen molar-refractivity contribution in [3.63, 3.8) is 0 Å². The van der Waals surface area contributed by atoms with Crippen LogP contribution in [0.4, 0.5) is 0 Å². The van der Waals surface area contributed by atoms with Gasteiger partial charge < -0.3 is 5.11 Å². The summed E-state index contributed by atoms with van der Waals surface area (Å²) in [6.07, 6.45) is 20.2. The van der Waals surface area contributed by atoms with Gasteiger partial charge in [-0.3, -0.25) is 4.79 Å². The van der Waals surface area contributed by atoms with E-state index in [4.69, 9.17) is 5.11 Å². The van der Waals surface area contributed by atoms with E-state index in [9.17, 15) is 4.79 Å². The van der Waals surface area contributed by atoms with Gasteiger partial charge in [-0.2, -0.15) is 0 Å². The standard InChI is InChI=1S/C18H36O2.3C6H5.Sn/c1-2-3-4-5-6-7-8-9-10-11-12-13-14-15-16-17-18(19)20;3*1-2-4-6-5-3-1;/h2-17H2,1H3,(H,19,20);3*1-5H;. The Balaban J connectivity index is 0.000000273. The molecule has 0 aliphatic rings. The fourth-order valence-corrected chi connectivity index (χ4v) is 12.3. The van der Waals surface area contributed by atoms with Gasteiger partial charge in [-0.25, -0.2) is 0 Å². The molecule has 1 radical (unpaired) electrons. The first kappa shape index (κ1) is 33.1. The molecule has 0 fully saturated rings. The van der Waals surface area contributed by atoms with E-state index in [0.717, 1.165) is 12.8 Å². The van der Waals surface area contributed by atoms with Gasteiger partial charge in [0.25, 0.3) is 0 Å². The second kappa shape index (κ2) is 22.7. The molecule has 211 valence electrons. The average molecular weight is 635 g/mol. The minimum atomic E-state index is -1.98. The predicted molar refractivity (Wildman–Crippen MR) is 171 cm³/mol. The first-order chi connectivity index (χ1) is 19.2. The van der Waals surface area contributed by atoms with Gasteiger partial charge in [0, 0.05) is 6.42 Å². The third kappa shape index (κ3) is 15.9. The summed E-state index contributed by atoms with van der Waals surface area (Å²) in [4.78, 5) is 10.3. The molecule has 39 heavy (non-hydrogen) atoms. The normalized spacial score (nSPS) is 10.7. The van der Waals surface area contributed by atoms with E-state index in [1.165, 1.54) is 94.2 Å². The van der Waals surface area contributed by atoms with Crippen LogP contribution in [-0.4, -0.2) is 30.8 Å². The summed E-state index contributed by atoms with van der Waals surface area (Å²) >= 11 is -1.98. The van der Waals surface area contributed by atoms with Crippen molar-refractivity contribution in [2.24, 2.45) is 0 Å². The molecule has 3 aromatic rings. The molecular weight excluding hydrogens is 583 g/mol. The second-order valence-electron chi connectivity index (χ2n) is 10.6. The van der Waals surface area contributed by atoms with Crippen molar-refractivity contribution in [2.45, 2.75) is 110 Å². The topological polar surface area (TPSA) is 37.3 Å². The van der Waals surface area contributed by atoms with E-state index in [2.05, 4.69) is 97.9 Å². The number of hydrogen-bond acceptors (Lipinski definition) is 1. The van der Waals surface area contributed by atoms with Crippen molar-refractivity contribution in [3.05, 3.63) is 91.0 Å². The van der Waals surface area contributed by atoms with Gasteiger partial charge in [0.1, 0.15) is 0 Å². The van der Waals surface area contributed by atoms with E-state index in [-0.39, 0.29) is 0 Å². The summed E-state index contributed by atoms with van der Waals surface area (Å²) in [6, 6.07) is 32.9. The molecule has 0 bridgehead atoms. The Bertz CT molecular complexity index is 865. The van der Waals surface area contributed by atoms with Gasteiger partial charge in [-0.05, 0) is 6.42 Å². The van der Waals surface area contributed by atoms with E-state index < -0.39 is 25.7 Å². The number of carboxylic acid groups (broad SMARTS) is 1. The maximum atomic E-state index is 10.3. The zero-order valence-corrected chi connectivity index (χ0v) is 27.2. The Hall–Kier alpha value is -2.07. The molecule has 3 rings (SSSR count). The molecule has 0 heterocycles. The molecule has 0 unspecified atom stereocenters. The van der Waals surface area contributed by atoms with Crippen LogP contribution in [0, 0.1) is 0 Å². The molecule has 0 saturated carbocycles. The molecular formula is C36H51O2Sn. The van der Waals surface area contributed by atoms with Crippen LogP contribution >= 0.6 is 0 Å². The van der Waals surface area contributed by atoms with Gasteiger partial charge in [-0.1, -0.05) is 96.8 Å². The Kier molecular flexibility index (Phi) is 19.3. The van der Waals surface area contributed by atoms with Crippen LogP contribution in [0.1, 0.15) is 110 Å². The number of carboxylic acids is 1. The van der Waals surface area contributed by atoms with Gasteiger partial charge in [0.15, 0.2) is 0 Å². The van der Waals surface area contributed by atoms with E-state index in [0.29, 0.717) is 6.42 Å². The molecule has 0 atom stereocenters. The summed E-state index contributed by atoms with van der Waals surface area (Å²) in [6.45, 7) is 2.27. The van der Waals surface area contributed by atoms with Crippen LogP contribution in [0.25, 0.3) is 0 Å². The molecule has 1 N–H and O–H groups in total. The third-order valence-electron chi connectivity index (χ3n) is 7.18. The third-order valence-corrected chi connectivity index (χ3v) is 15.0. The fourth-order valence-electron chi connectivity index (χ4n) is 4.96. The second-order valence-corrected chi connectivity index (χ2v) is 17.7. The van der Waals surface area contributed by atoms with Crippen molar-refractivity contribution >= 4 is 36.5 Å². The molecule has 0 saturated heterocycles. The summed E-state index contributed by atoms with van der Waals surface area (Å²) in [7, 11) is 0. The zero-order chi connectivity index (χ0) is 27.8. The molecule has 2 nitrogen and oxygen atoms in total. The predicted octanol–water partition coefficient (Wildman–Crippen LogP) is 8.54. The molecule has 0 amide bonds. The fraction of sp³-hybridized carbons (Fsp3) is 0.472. The van der Waals surface area contributed by atoms with Crippen LogP contribution < -0.4 is 10.7 Å². The number of hydrogen-bond donors (Lipinski definition) is 1. The van der Waals surface area contributed by atoms with E-state index in [1.54, 1.807) is 0 Å². The van der Waals surface area contributed by atoms with Crippen molar-refractivity contribution in [1.82, 2.24) is 0 Å². The molecule has 0 aliphatic carbocycles. The molecule has 3 heteroatoms. The summed E-state index contributed by atoms with van der Waals surface area (Å²) < 4.78 is 4.59. The van der Waals surface area contributed by atoms with Gasteiger partial charge >= 0.3 is 127 Å². The Morgan fingerprint density at radius 1 is 0.487 bits per heavy atom. The first-order valence-electron chi connectivity index (χ1n) is 15.5. The molecule has 3 aromatic carbocycles. The monoisotopic (exact) mass is 635 g/mol. The average Bonchev–Trinajstić information content (AvgIpc) is 2.97. The SMILES string of the molecule is CCCCCCCCCCCCCCCCCC(=O)O.c1cc[c]([Sn]([c]2ccccc2)[c]2ccccc2)cc1. The van der Waals surface area contributed by atoms with Crippen molar-refractivity contribution in [2.75, 3.05) is 0 Å². The summed E-state index contributed by atoms with van der Waals surface area (Å²) in [5, 5.41) is 8.52.